The van der Waals surface area contributed by atoms with Crippen molar-refractivity contribution in [3.8, 4) is 0 Å². The number of hydrogen-bond acceptors (Lipinski definition) is 5. The molecule has 2 heterocycles. The van der Waals surface area contributed by atoms with Gasteiger partial charge < -0.3 is 5.32 Å². The SMILES string of the molecule is CC1C(NC(=O)CSc2ccc(C(C)(C)C)cc2)NNC1c1ccncc1. The van der Waals surface area contributed by atoms with Gasteiger partial charge in [0.15, 0.2) is 0 Å². The number of thioether (sulfide) groups is 1. The van der Waals surface area contributed by atoms with E-state index in [1.165, 1.54) is 5.56 Å². The van der Waals surface area contributed by atoms with Crippen LogP contribution in [0.5, 0.6) is 0 Å². The fourth-order valence-electron chi connectivity index (χ4n) is 3.18. The zero-order valence-electron chi connectivity index (χ0n) is 16.3. The molecule has 0 saturated carbocycles. The molecule has 3 rings (SSSR count). The number of amides is 1. The third-order valence-electron chi connectivity index (χ3n) is 4.92. The second-order valence-electron chi connectivity index (χ2n) is 8.01. The van der Waals surface area contributed by atoms with E-state index in [-0.39, 0.29) is 29.4 Å². The Balaban J connectivity index is 1.50. The molecule has 3 atom stereocenters. The normalized spacial score (nSPS) is 22.6. The van der Waals surface area contributed by atoms with Crippen molar-refractivity contribution in [2.75, 3.05) is 5.75 Å². The van der Waals surface area contributed by atoms with E-state index < -0.39 is 0 Å². The minimum Gasteiger partial charge on any atom is -0.339 e. The number of carbonyl (C=O) groups excluding carboxylic acids is 1. The van der Waals surface area contributed by atoms with Gasteiger partial charge in [-0.15, -0.1) is 11.8 Å². The highest BCUT2D eigenvalue weighted by Crippen LogP contribution is 2.28. The van der Waals surface area contributed by atoms with Crippen molar-refractivity contribution in [3.63, 3.8) is 0 Å². The summed E-state index contributed by atoms with van der Waals surface area (Å²) in [4.78, 5) is 17.5. The predicted molar refractivity (Wildman–Crippen MR) is 110 cm³/mol. The zero-order valence-corrected chi connectivity index (χ0v) is 17.1. The van der Waals surface area contributed by atoms with Crippen LogP contribution in [-0.2, 0) is 10.2 Å². The average Bonchev–Trinajstić information content (AvgIpc) is 3.01. The Hall–Kier alpha value is -1.89. The number of pyridine rings is 1. The van der Waals surface area contributed by atoms with Crippen LogP contribution in [0.4, 0.5) is 0 Å². The predicted octanol–water partition coefficient (Wildman–Crippen LogP) is 3.40. The molecule has 144 valence electrons. The molecule has 1 aliphatic rings. The summed E-state index contributed by atoms with van der Waals surface area (Å²) < 4.78 is 0. The smallest absolute Gasteiger partial charge is 0.231 e. The molecule has 1 aromatic carbocycles. The lowest BCUT2D eigenvalue weighted by atomic mass is 9.87. The molecule has 0 bridgehead atoms. The first kappa shape index (κ1) is 19.9. The Morgan fingerprint density at radius 3 is 2.41 bits per heavy atom. The molecular weight excluding hydrogens is 356 g/mol. The summed E-state index contributed by atoms with van der Waals surface area (Å²) in [5, 5.41) is 3.09. The molecule has 6 heteroatoms. The molecule has 1 aliphatic heterocycles. The minimum atomic E-state index is -0.0977. The van der Waals surface area contributed by atoms with Gasteiger partial charge >= 0.3 is 0 Å². The molecule has 5 nitrogen and oxygen atoms in total. The first-order valence-electron chi connectivity index (χ1n) is 9.28. The molecule has 1 fully saturated rings. The fourth-order valence-corrected chi connectivity index (χ4v) is 3.88. The van der Waals surface area contributed by atoms with Crippen LogP contribution in [0.3, 0.4) is 0 Å². The van der Waals surface area contributed by atoms with Gasteiger partial charge in [-0.3, -0.25) is 9.78 Å². The highest BCUT2D eigenvalue weighted by atomic mass is 32.2. The molecule has 27 heavy (non-hydrogen) atoms. The lowest BCUT2D eigenvalue weighted by Gasteiger charge is -2.20. The Bertz CT molecular complexity index is 758. The number of benzene rings is 1. The number of hydrogen-bond donors (Lipinski definition) is 3. The van der Waals surface area contributed by atoms with Crippen LogP contribution >= 0.6 is 11.8 Å². The van der Waals surface area contributed by atoms with E-state index in [1.807, 2.05) is 12.1 Å². The average molecular weight is 385 g/mol. The van der Waals surface area contributed by atoms with Crippen molar-refractivity contribution < 1.29 is 4.79 Å². The highest BCUT2D eigenvalue weighted by Gasteiger charge is 2.34. The summed E-state index contributed by atoms with van der Waals surface area (Å²) in [6.45, 7) is 8.73. The van der Waals surface area contributed by atoms with Crippen LogP contribution < -0.4 is 16.2 Å². The third-order valence-corrected chi connectivity index (χ3v) is 5.93. The maximum Gasteiger partial charge on any atom is 0.231 e. The molecule has 1 saturated heterocycles. The number of hydrazine groups is 1. The van der Waals surface area contributed by atoms with E-state index >= 15 is 0 Å². The van der Waals surface area contributed by atoms with Gasteiger partial charge in [0, 0.05) is 23.2 Å². The number of aromatic nitrogens is 1. The van der Waals surface area contributed by atoms with E-state index in [2.05, 4.69) is 73.1 Å². The Morgan fingerprint density at radius 2 is 1.78 bits per heavy atom. The van der Waals surface area contributed by atoms with E-state index in [0.29, 0.717) is 5.75 Å². The van der Waals surface area contributed by atoms with Crippen molar-refractivity contribution >= 4 is 17.7 Å². The van der Waals surface area contributed by atoms with Gasteiger partial charge in [-0.25, -0.2) is 10.9 Å². The number of nitrogens with zero attached hydrogens (tertiary/aromatic N) is 1. The maximum absolute atomic E-state index is 12.4. The second kappa shape index (κ2) is 8.42. The molecule has 0 aliphatic carbocycles. The van der Waals surface area contributed by atoms with Crippen molar-refractivity contribution in [2.45, 2.75) is 50.2 Å². The highest BCUT2D eigenvalue weighted by molar-refractivity contribution is 8.00. The van der Waals surface area contributed by atoms with Gasteiger partial charge in [-0.05, 0) is 40.8 Å². The van der Waals surface area contributed by atoms with Crippen LogP contribution in [0.1, 0.15) is 44.9 Å². The van der Waals surface area contributed by atoms with Gasteiger partial charge in [0.05, 0.1) is 18.0 Å². The molecule has 2 aromatic rings. The maximum atomic E-state index is 12.4. The van der Waals surface area contributed by atoms with Crippen molar-refractivity contribution in [3.05, 3.63) is 59.9 Å². The monoisotopic (exact) mass is 384 g/mol. The first-order chi connectivity index (χ1) is 12.8. The molecule has 0 radical (unpaired) electrons. The number of carbonyl (C=O) groups is 1. The van der Waals surface area contributed by atoms with Crippen molar-refractivity contribution in [1.29, 1.82) is 0 Å². The number of nitrogens with one attached hydrogen (secondary N) is 3. The van der Waals surface area contributed by atoms with Crippen molar-refractivity contribution in [1.82, 2.24) is 21.2 Å². The lowest BCUT2D eigenvalue weighted by Crippen LogP contribution is -2.47. The van der Waals surface area contributed by atoms with E-state index in [9.17, 15) is 4.79 Å². The third kappa shape index (κ3) is 5.09. The van der Waals surface area contributed by atoms with Crippen LogP contribution in [-0.4, -0.2) is 22.8 Å². The summed E-state index contributed by atoms with van der Waals surface area (Å²) in [6, 6.07) is 12.6. The van der Waals surface area contributed by atoms with Gasteiger partial charge in [0.1, 0.15) is 0 Å². The van der Waals surface area contributed by atoms with Crippen molar-refractivity contribution in [2.24, 2.45) is 5.92 Å². The van der Waals surface area contributed by atoms with E-state index in [4.69, 9.17) is 0 Å². The fraction of sp³-hybridized carbons (Fsp3) is 0.429. The minimum absolute atomic E-state index is 0.0291. The molecular formula is C21H28N4OS. The Kier molecular flexibility index (Phi) is 6.19. The van der Waals surface area contributed by atoms with E-state index in [0.717, 1.165) is 10.5 Å². The van der Waals surface area contributed by atoms with Crippen LogP contribution in [0, 0.1) is 5.92 Å². The topological polar surface area (TPSA) is 66.1 Å². The first-order valence-corrected chi connectivity index (χ1v) is 10.3. The quantitative estimate of drug-likeness (QED) is 0.690. The lowest BCUT2D eigenvalue weighted by molar-refractivity contribution is -0.119. The molecule has 0 spiro atoms. The standard InChI is InChI=1S/C21H28N4OS/c1-14-19(15-9-11-22-12-10-15)24-25-20(14)23-18(26)13-27-17-7-5-16(6-8-17)21(2,3)4/h5-12,14,19-20,24-25H,13H2,1-4H3,(H,23,26). The summed E-state index contributed by atoms with van der Waals surface area (Å²) >= 11 is 1.56. The second-order valence-corrected chi connectivity index (χ2v) is 9.06. The zero-order chi connectivity index (χ0) is 19.4. The largest absolute Gasteiger partial charge is 0.339 e. The molecule has 3 N–H and O–H groups in total. The van der Waals surface area contributed by atoms with Crippen LogP contribution in [0.2, 0.25) is 0 Å². The van der Waals surface area contributed by atoms with Crippen LogP contribution in [0.15, 0.2) is 53.7 Å². The summed E-state index contributed by atoms with van der Waals surface area (Å²) in [5.74, 6) is 0.661. The van der Waals surface area contributed by atoms with Gasteiger partial charge in [0.25, 0.3) is 0 Å². The molecule has 3 unspecified atom stereocenters. The number of rotatable bonds is 5. The Labute approximate surface area is 165 Å². The molecule has 1 amide bonds. The summed E-state index contributed by atoms with van der Waals surface area (Å²) in [7, 11) is 0. The Morgan fingerprint density at radius 1 is 1.11 bits per heavy atom. The van der Waals surface area contributed by atoms with Gasteiger partial charge in [0.2, 0.25) is 5.91 Å². The van der Waals surface area contributed by atoms with Gasteiger partial charge in [-0.1, -0.05) is 39.8 Å². The summed E-state index contributed by atoms with van der Waals surface area (Å²) in [6.07, 6.45) is 3.48. The molecule has 1 aromatic heterocycles. The van der Waals surface area contributed by atoms with Gasteiger partial charge in [-0.2, -0.15) is 0 Å². The van der Waals surface area contributed by atoms with Crippen LogP contribution in [0.25, 0.3) is 0 Å². The van der Waals surface area contributed by atoms with E-state index in [1.54, 1.807) is 24.2 Å². The summed E-state index contributed by atoms with van der Waals surface area (Å²) in [5.41, 5.74) is 9.07.